The van der Waals surface area contributed by atoms with Crippen LogP contribution in [0, 0.1) is 6.92 Å². The van der Waals surface area contributed by atoms with Crippen LogP contribution in [0.1, 0.15) is 35.2 Å². The van der Waals surface area contributed by atoms with E-state index in [1.807, 2.05) is 12.1 Å². The molecule has 0 saturated carbocycles. The molecule has 0 bridgehead atoms. The molecular weight excluding hydrogens is 480 g/mol. The van der Waals surface area contributed by atoms with Crippen molar-refractivity contribution >= 4 is 42.2 Å². The Balaban J connectivity index is 1.39. The Labute approximate surface area is 191 Å². The van der Waals surface area contributed by atoms with Crippen LogP contribution in [0.4, 0.5) is 5.13 Å². The first-order chi connectivity index (χ1) is 14.5. The normalized spacial score (nSPS) is 15.5. The Kier molecular flexibility index (Phi) is 6.60. The number of sulfone groups is 1. The summed E-state index contributed by atoms with van der Waals surface area (Å²) >= 11 is 5.05. The molecule has 4 nitrogen and oxygen atoms in total. The lowest BCUT2D eigenvalue weighted by molar-refractivity contribution is 0.529. The van der Waals surface area contributed by atoms with Gasteiger partial charge in [-0.25, -0.2) is 13.4 Å². The molecule has 1 aliphatic heterocycles. The summed E-state index contributed by atoms with van der Waals surface area (Å²) in [6.45, 7) is 3.55. The summed E-state index contributed by atoms with van der Waals surface area (Å²) in [5.74, 6) is 0. The lowest BCUT2D eigenvalue weighted by Gasteiger charge is -2.31. The number of aromatic nitrogens is 1. The Bertz CT molecular complexity index is 1100. The molecule has 0 aliphatic carbocycles. The highest BCUT2D eigenvalue weighted by molar-refractivity contribution is 9.08. The summed E-state index contributed by atoms with van der Waals surface area (Å²) in [4.78, 5) is 7.47. The molecule has 0 amide bonds. The second-order valence-electron chi connectivity index (χ2n) is 7.80. The zero-order valence-electron chi connectivity index (χ0n) is 16.9. The number of piperidine rings is 1. The molecule has 2 aromatic carbocycles. The van der Waals surface area contributed by atoms with Crippen LogP contribution in [-0.2, 0) is 21.6 Å². The zero-order valence-corrected chi connectivity index (χ0v) is 20.1. The van der Waals surface area contributed by atoms with Gasteiger partial charge in [-0.1, -0.05) is 57.9 Å². The Morgan fingerprint density at radius 2 is 1.83 bits per heavy atom. The van der Waals surface area contributed by atoms with Crippen molar-refractivity contribution in [3.63, 3.8) is 0 Å². The SMILES string of the molecule is Cc1cccc(Cc2csc(N3CCC(S(=O)(=O)c4ccc(CBr)cc4)CC3)n2)c1. The van der Waals surface area contributed by atoms with E-state index in [9.17, 15) is 8.42 Å². The molecule has 0 spiro atoms. The summed E-state index contributed by atoms with van der Waals surface area (Å²) in [6.07, 6.45) is 2.10. The van der Waals surface area contributed by atoms with Gasteiger partial charge in [-0.2, -0.15) is 0 Å². The highest BCUT2D eigenvalue weighted by atomic mass is 79.9. The molecule has 1 aromatic heterocycles. The molecule has 0 radical (unpaired) electrons. The fraction of sp³-hybridized carbons (Fsp3) is 0.348. The monoisotopic (exact) mass is 504 g/mol. The molecule has 1 aliphatic rings. The van der Waals surface area contributed by atoms with Gasteiger partial charge in [0.15, 0.2) is 15.0 Å². The Hall–Kier alpha value is -1.70. The number of rotatable bonds is 6. The van der Waals surface area contributed by atoms with Crippen molar-refractivity contribution in [3.8, 4) is 0 Å². The molecule has 158 valence electrons. The van der Waals surface area contributed by atoms with Crippen LogP contribution in [0.5, 0.6) is 0 Å². The van der Waals surface area contributed by atoms with Crippen molar-refractivity contribution in [2.24, 2.45) is 0 Å². The first kappa shape index (κ1) is 21.5. The lowest BCUT2D eigenvalue weighted by atomic mass is 10.1. The molecule has 1 fully saturated rings. The molecule has 1 saturated heterocycles. The van der Waals surface area contributed by atoms with Gasteiger partial charge in [0.25, 0.3) is 0 Å². The van der Waals surface area contributed by atoms with Crippen LogP contribution >= 0.6 is 27.3 Å². The van der Waals surface area contributed by atoms with Gasteiger partial charge in [-0.05, 0) is 43.0 Å². The van der Waals surface area contributed by atoms with Gasteiger partial charge >= 0.3 is 0 Å². The number of anilines is 1. The summed E-state index contributed by atoms with van der Waals surface area (Å²) < 4.78 is 26.0. The van der Waals surface area contributed by atoms with Crippen LogP contribution in [0.3, 0.4) is 0 Å². The predicted octanol–water partition coefficient (Wildman–Crippen LogP) is 5.38. The van der Waals surface area contributed by atoms with E-state index in [2.05, 4.69) is 57.4 Å². The van der Waals surface area contributed by atoms with E-state index in [0.29, 0.717) is 17.7 Å². The quantitative estimate of drug-likeness (QED) is 0.422. The summed E-state index contributed by atoms with van der Waals surface area (Å²) in [6, 6.07) is 15.7. The number of thiazole rings is 1. The summed E-state index contributed by atoms with van der Waals surface area (Å²) in [5, 5.41) is 3.52. The van der Waals surface area contributed by atoms with Crippen molar-refractivity contribution in [1.29, 1.82) is 0 Å². The number of benzene rings is 2. The smallest absolute Gasteiger partial charge is 0.185 e. The van der Waals surface area contributed by atoms with Crippen LogP contribution in [-0.4, -0.2) is 31.7 Å². The third kappa shape index (κ3) is 4.79. The zero-order chi connectivity index (χ0) is 21.1. The van der Waals surface area contributed by atoms with Crippen molar-refractivity contribution < 1.29 is 8.42 Å². The number of halogens is 1. The molecule has 2 heterocycles. The lowest BCUT2D eigenvalue weighted by Crippen LogP contribution is -2.39. The second kappa shape index (κ2) is 9.20. The number of hydrogen-bond donors (Lipinski definition) is 0. The third-order valence-corrected chi connectivity index (χ3v) is 9.44. The number of hydrogen-bond acceptors (Lipinski definition) is 5. The van der Waals surface area contributed by atoms with Crippen LogP contribution in [0.15, 0.2) is 58.8 Å². The highest BCUT2D eigenvalue weighted by Crippen LogP contribution is 2.30. The van der Waals surface area contributed by atoms with E-state index < -0.39 is 9.84 Å². The summed E-state index contributed by atoms with van der Waals surface area (Å²) in [7, 11) is -3.29. The van der Waals surface area contributed by atoms with Crippen molar-refractivity contribution in [2.45, 2.75) is 41.7 Å². The Morgan fingerprint density at radius 1 is 1.10 bits per heavy atom. The average Bonchev–Trinajstić information content (AvgIpc) is 3.22. The van der Waals surface area contributed by atoms with Gasteiger partial charge in [-0.3, -0.25) is 0 Å². The van der Waals surface area contributed by atoms with Gasteiger partial charge in [0, 0.05) is 30.2 Å². The molecule has 7 heteroatoms. The molecule has 0 N–H and O–H groups in total. The minimum Gasteiger partial charge on any atom is -0.348 e. The van der Waals surface area contributed by atoms with E-state index >= 15 is 0 Å². The number of nitrogens with zero attached hydrogens (tertiary/aromatic N) is 2. The van der Waals surface area contributed by atoms with E-state index in [4.69, 9.17) is 4.98 Å². The molecule has 4 rings (SSSR count). The van der Waals surface area contributed by atoms with Gasteiger partial charge < -0.3 is 4.90 Å². The van der Waals surface area contributed by atoms with Gasteiger partial charge in [-0.15, -0.1) is 11.3 Å². The third-order valence-electron chi connectivity index (χ3n) is 5.56. The fourth-order valence-electron chi connectivity index (χ4n) is 3.87. The first-order valence-corrected chi connectivity index (χ1v) is 13.6. The van der Waals surface area contributed by atoms with Crippen molar-refractivity contribution in [3.05, 3.63) is 76.3 Å². The maximum absolute atomic E-state index is 13.0. The molecule has 3 aromatic rings. The summed E-state index contributed by atoms with van der Waals surface area (Å²) in [5.41, 5.74) is 4.67. The van der Waals surface area contributed by atoms with Crippen LogP contribution in [0.2, 0.25) is 0 Å². The minimum absolute atomic E-state index is 0.324. The van der Waals surface area contributed by atoms with E-state index in [0.717, 1.165) is 41.2 Å². The van der Waals surface area contributed by atoms with Crippen LogP contribution in [0.25, 0.3) is 0 Å². The average molecular weight is 506 g/mol. The van der Waals surface area contributed by atoms with Gasteiger partial charge in [0.05, 0.1) is 15.8 Å². The maximum Gasteiger partial charge on any atom is 0.185 e. The first-order valence-electron chi connectivity index (χ1n) is 10.1. The topological polar surface area (TPSA) is 50.3 Å². The molecular formula is C23H25BrN2O2S2. The maximum atomic E-state index is 13.0. The van der Waals surface area contributed by atoms with E-state index in [1.54, 1.807) is 23.5 Å². The second-order valence-corrected chi connectivity index (χ2v) is 11.4. The van der Waals surface area contributed by atoms with E-state index in [1.165, 1.54) is 11.1 Å². The van der Waals surface area contributed by atoms with Gasteiger partial charge in [0.2, 0.25) is 0 Å². The molecule has 30 heavy (non-hydrogen) atoms. The number of alkyl halides is 1. The minimum atomic E-state index is -3.29. The molecule has 0 unspecified atom stereocenters. The number of aryl methyl sites for hydroxylation is 1. The van der Waals surface area contributed by atoms with E-state index in [-0.39, 0.29) is 5.25 Å². The standard InChI is InChI=1S/C23H25BrN2O2S2/c1-17-3-2-4-19(13-17)14-20-16-29-23(25-20)26-11-9-22(10-12-26)30(27,28)21-7-5-18(15-24)6-8-21/h2-8,13,16,22H,9-12,14-15H2,1H3. The predicted molar refractivity (Wildman–Crippen MR) is 128 cm³/mol. The van der Waals surface area contributed by atoms with Gasteiger partial charge in [0.1, 0.15) is 0 Å². The van der Waals surface area contributed by atoms with Crippen molar-refractivity contribution in [1.82, 2.24) is 4.98 Å². The molecule has 0 atom stereocenters. The Morgan fingerprint density at radius 3 is 2.50 bits per heavy atom. The van der Waals surface area contributed by atoms with Crippen molar-refractivity contribution in [2.75, 3.05) is 18.0 Å². The largest absolute Gasteiger partial charge is 0.348 e. The highest BCUT2D eigenvalue weighted by Gasteiger charge is 2.32. The van der Waals surface area contributed by atoms with Crippen LogP contribution < -0.4 is 4.90 Å². The fourth-order valence-corrected chi connectivity index (χ4v) is 6.86.